The van der Waals surface area contributed by atoms with Gasteiger partial charge < -0.3 is 19.3 Å². The molecule has 1 atom stereocenters. The van der Waals surface area contributed by atoms with Crippen molar-refractivity contribution in [2.45, 2.75) is 19.8 Å². The van der Waals surface area contributed by atoms with E-state index in [-0.39, 0.29) is 11.8 Å². The molecule has 1 aromatic heterocycles. The fourth-order valence-electron chi connectivity index (χ4n) is 3.79. The molecule has 0 radical (unpaired) electrons. The summed E-state index contributed by atoms with van der Waals surface area (Å²) >= 11 is 1.70. The van der Waals surface area contributed by atoms with Crippen LogP contribution in [0.4, 0.5) is 5.13 Å². The Labute approximate surface area is 157 Å². The Morgan fingerprint density at radius 1 is 1.31 bits per heavy atom. The number of amides is 1. The Balaban J connectivity index is 1.55. The summed E-state index contributed by atoms with van der Waals surface area (Å²) < 4.78 is 12.0. The van der Waals surface area contributed by atoms with E-state index >= 15 is 0 Å². The smallest absolute Gasteiger partial charge is 0.227 e. The molecule has 6 nitrogen and oxygen atoms in total. The molecule has 2 fully saturated rings. The minimum Gasteiger partial charge on any atom is -0.494 e. The maximum atomic E-state index is 12.9. The van der Waals surface area contributed by atoms with E-state index in [0.717, 1.165) is 42.3 Å². The Hall–Kier alpha value is -1.86. The monoisotopic (exact) mass is 375 g/mol. The van der Waals surface area contributed by atoms with Gasteiger partial charge in [-0.3, -0.25) is 4.79 Å². The molecule has 2 aliphatic rings. The van der Waals surface area contributed by atoms with Crippen molar-refractivity contribution < 1.29 is 14.3 Å². The van der Waals surface area contributed by atoms with Crippen molar-refractivity contribution in [3.8, 4) is 5.75 Å². The van der Waals surface area contributed by atoms with E-state index in [4.69, 9.17) is 14.5 Å². The second-order valence-corrected chi connectivity index (χ2v) is 7.96. The minimum absolute atomic E-state index is 0.0526. The molecule has 0 saturated carbocycles. The zero-order valence-corrected chi connectivity index (χ0v) is 16.2. The fraction of sp³-hybridized carbons (Fsp3) is 0.579. The van der Waals surface area contributed by atoms with Crippen LogP contribution in [0.5, 0.6) is 5.75 Å². The molecule has 4 rings (SSSR count). The SMILES string of the molecule is COc1ccc(C)c2sc(N3CCCC(C(=O)N4CCOCC4)C3)nc12. The second kappa shape index (κ2) is 7.40. The van der Waals surface area contributed by atoms with Gasteiger partial charge in [0.25, 0.3) is 0 Å². The van der Waals surface area contributed by atoms with Gasteiger partial charge in [0.2, 0.25) is 5.91 Å². The first-order valence-corrected chi connectivity index (χ1v) is 10.0. The third kappa shape index (κ3) is 3.25. The van der Waals surface area contributed by atoms with Crippen molar-refractivity contribution in [1.82, 2.24) is 9.88 Å². The molecule has 0 bridgehead atoms. The lowest BCUT2D eigenvalue weighted by atomic mass is 9.96. The van der Waals surface area contributed by atoms with Crippen LogP contribution in [0.15, 0.2) is 12.1 Å². The van der Waals surface area contributed by atoms with Crippen LogP contribution in [0, 0.1) is 12.8 Å². The average Bonchev–Trinajstić information content (AvgIpc) is 3.15. The van der Waals surface area contributed by atoms with E-state index in [0.29, 0.717) is 26.3 Å². The molecule has 1 unspecified atom stereocenters. The number of hydrogen-bond acceptors (Lipinski definition) is 6. The van der Waals surface area contributed by atoms with E-state index < -0.39 is 0 Å². The number of hydrogen-bond donors (Lipinski definition) is 0. The summed E-state index contributed by atoms with van der Waals surface area (Å²) in [5.41, 5.74) is 2.14. The summed E-state index contributed by atoms with van der Waals surface area (Å²) in [7, 11) is 1.68. The van der Waals surface area contributed by atoms with Crippen LogP contribution in [-0.4, -0.2) is 62.3 Å². The van der Waals surface area contributed by atoms with Gasteiger partial charge in [-0.05, 0) is 31.4 Å². The number of rotatable bonds is 3. The van der Waals surface area contributed by atoms with Crippen LogP contribution in [0.2, 0.25) is 0 Å². The number of benzene rings is 1. The largest absolute Gasteiger partial charge is 0.494 e. The third-order valence-electron chi connectivity index (χ3n) is 5.28. The van der Waals surface area contributed by atoms with Crippen LogP contribution >= 0.6 is 11.3 Å². The molecular formula is C19H25N3O3S. The van der Waals surface area contributed by atoms with Crippen LogP contribution in [-0.2, 0) is 9.53 Å². The Morgan fingerprint density at radius 2 is 2.12 bits per heavy atom. The first-order valence-electron chi connectivity index (χ1n) is 9.23. The lowest BCUT2D eigenvalue weighted by Crippen LogP contribution is -2.48. The fourth-order valence-corrected chi connectivity index (χ4v) is 4.88. The van der Waals surface area contributed by atoms with Crippen molar-refractivity contribution in [2.75, 3.05) is 51.4 Å². The number of methoxy groups -OCH3 is 1. The molecule has 3 heterocycles. The lowest BCUT2D eigenvalue weighted by molar-refractivity contribution is -0.139. The third-order valence-corrected chi connectivity index (χ3v) is 6.53. The molecule has 2 aromatic rings. The molecule has 1 aromatic carbocycles. The van der Waals surface area contributed by atoms with E-state index in [2.05, 4.69) is 17.9 Å². The number of aryl methyl sites for hydroxylation is 1. The maximum absolute atomic E-state index is 12.9. The molecule has 0 spiro atoms. The van der Waals surface area contributed by atoms with Gasteiger partial charge in [0.15, 0.2) is 5.13 Å². The van der Waals surface area contributed by atoms with Crippen molar-refractivity contribution in [1.29, 1.82) is 0 Å². The van der Waals surface area contributed by atoms with Gasteiger partial charge in [0, 0.05) is 26.2 Å². The molecular weight excluding hydrogens is 350 g/mol. The molecule has 1 amide bonds. The highest BCUT2D eigenvalue weighted by Crippen LogP contribution is 2.37. The standard InChI is InChI=1S/C19H25N3O3S/c1-13-5-6-15(24-2)16-17(13)26-19(20-16)22-7-3-4-14(12-22)18(23)21-8-10-25-11-9-21/h5-6,14H,3-4,7-12H2,1-2H3. The lowest BCUT2D eigenvalue weighted by Gasteiger charge is -2.36. The van der Waals surface area contributed by atoms with Crippen LogP contribution in [0.3, 0.4) is 0 Å². The predicted octanol–water partition coefficient (Wildman–Crippen LogP) is 2.69. The predicted molar refractivity (Wildman–Crippen MR) is 103 cm³/mol. The minimum atomic E-state index is 0.0526. The van der Waals surface area contributed by atoms with Gasteiger partial charge in [0.05, 0.1) is 30.9 Å². The van der Waals surface area contributed by atoms with E-state index in [1.165, 1.54) is 10.3 Å². The van der Waals surface area contributed by atoms with Crippen LogP contribution in [0.25, 0.3) is 10.2 Å². The quantitative estimate of drug-likeness (QED) is 0.826. The second-order valence-electron chi connectivity index (χ2n) is 6.98. The summed E-state index contributed by atoms with van der Waals surface area (Å²) in [6.07, 6.45) is 1.98. The number of carbonyl (C=O) groups excluding carboxylic acids is 1. The van der Waals surface area contributed by atoms with Crippen molar-refractivity contribution in [2.24, 2.45) is 5.92 Å². The molecule has 7 heteroatoms. The number of carbonyl (C=O) groups is 1. The van der Waals surface area contributed by atoms with Crippen molar-refractivity contribution >= 4 is 32.6 Å². The van der Waals surface area contributed by atoms with E-state index in [1.54, 1.807) is 18.4 Å². The first kappa shape index (κ1) is 17.5. The number of morpholine rings is 1. The number of ether oxygens (including phenoxy) is 2. The van der Waals surface area contributed by atoms with Gasteiger partial charge in [-0.1, -0.05) is 17.4 Å². The summed E-state index contributed by atoms with van der Waals surface area (Å²) in [5.74, 6) is 1.13. The molecule has 26 heavy (non-hydrogen) atoms. The number of fused-ring (bicyclic) bond motifs is 1. The number of aromatic nitrogens is 1. The molecule has 0 N–H and O–H groups in total. The number of anilines is 1. The zero-order valence-electron chi connectivity index (χ0n) is 15.4. The molecule has 2 aliphatic heterocycles. The number of nitrogens with zero attached hydrogens (tertiary/aromatic N) is 3. The topological polar surface area (TPSA) is 54.9 Å². The van der Waals surface area contributed by atoms with Gasteiger partial charge >= 0.3 is 0 Å². The summed E-state index contributed by atoms with van der Waals surface area (Å²) in [6, 6.07) is 4.05. The highest BCUT2D eigenvalue weighted by atomic mass is 32.1. The summed E-state index contributed by atoms with van der Waals surface area (Å²) in [4.78, 5) is 21.9. The molecule has 0 aliphatic carbocycles. The molecule has 2 saturated heterocycles. The molecule has 140 valence electrons. The van der Waals surface area contributed by atoms with Crippen molar-refractivity contribution in [3.63, 3.8) is 0 Å². The summed E-state index contributed by atoms with van der Waals surface area (Å²) in [6.45, 7) is 6.54. The Morgan fingerprint density at radius 3 is 2.88 bits per heavy atom. The summed E-state index contributed by atoms with van der Waals surface area (Å²) in [5, 5.41) is 0.993. The van der Waals surface area contributed by atoms with Crippen LogP contribution in [0.1, 0.15) is 18.4 Å². The van der Waals surface area contributed by atoms with Crippen LogP contribution < -0.4 is 9.64 Å². The van der Waals surface area contributed by atoms with Gasteiger partial charge in [-0.15, -0.1) is 0 Å². The zero-order chi connectivity index (χ0) is 18.1. The highest BCUT2D eigenvalue weighted by molar-refractivity contribution is 7.22. The van der Waals surface area contributed by atoms with E-state index in [1.807, 2.05) is 11.0 Å². The van der Waals surface area contributed by atoms with Gasteiger partial charge in [-0.25, -0.2) is 4.98 Å². The Kier molecular flexibility index (Phi) is 5.00. The number of piperidine rings is 1. The first-order chi connectivity index (χ1) is 12.7. The average molecular weight is 375 g/mol. The van der Waals surface area contributed by atoms with Gasteiger partial charge in [0.1, 0.15) is 11.3 Å². The normalized spacial score (nSPS) is 21.2. The number of thiazole rings is 1. The highest BCUT2D eigenvalue weighted by Gasteiger charge is 2.31. The van der Waals surface area contributed by atoms with Crippen molar-refractivity contribution in [3.05, 3.63) is 17.7 Å². The Bertz CT molecular complexity index is 801. The van der Waals surface area contributed by atoms with Gasteiger partial charge in [-0.2, -0.15) is 0 Å². The maximum Gasteiger partial charge on any atom is 0.227 e. The van der Waals surface area contributed by atoms with E-state index in [9.17, 15) is 4.79 Å².